The van der Waals surface area contributed by atoms with Gasteiger partial charge in [0.1, 0.15) is 0 Å². The van der Waals surface area contributed by atoms with Crippen molar-refractivity contribution in [3.63, 3.8) is 0 Å². The molecule has 1 aliphatic carbocycles. The van der Waals surface area contributed by atoms with Crippen LogP contribution in [0, 0.1) is 6.92 Å². The number of nitrogens with zero attached hydrogens (tertiary/aromatic N) is 1. The minimum atomic E-state index is -0.0956. The van der Waals surface area contributed by atoms with Crippen molar-refractivity contribution >= 4 is 29.1 Å². The smallest absolute Gasteiger partial charge is 0.268 e. The predicted octanol–water partition coefficient (Wildman–Crippen LogP) is 4.16. The molecule has 0 aromatic heterocycles. The molecule has 4 heteroatoms. The maximum absolute atomic E-state index is 13.0. The number of benzene rings is 1. The molecule has 2 amide bonds. The van der Waals surface area contributed by atoms with E-state index in [2.05, 4.69) is 0 Å². The van der Waals surface area contributed by atoms with Crippen LogP contribution in [0.3, 0.4) is 0 Å². The van der Waals surface area contributed by atoms with Gasteiger partial charge in [-0.25, -0.2) is 0 Å². The fourth-order valence-corrected chi connectivity index (χ4v) is 4.31. The summed E-state index contributed by atoms with van der Waals surface area (Å²) in [5, 5.41) is 0. The summed E-state index contributed by atoms with van der Waals surface area (Å²) in [7, 11) is 0. The van der Waals surface area contributed by atoms with Gasteiger partial charge in [-0.2, -0.15) is 0 Å². The number of imide groups is 1. The van der Waals surface area contributed by atoms with Crippen molar-refractivity contribution in [3.8, 4) is 0 Å². The molecule has 0 atom stereocenters. The van der Waals surface area contributed by atoms with Gasteiger partial charge in [-0.3, -0.25) is 14.5 Å². The molecule has 0 saturated heterocycles. The number of carbonyl (C=O) groups excluding carboxylic acids is 2. The quantitative estimate of drug-likeness (QED) is 0.778. The van der Waals surface area contributed by atoms with Crippen LogP contribution in [0.2, 0.25) is 0 Å². The molecule has 1 aromatic carbocycles. The predicted molar refractivity (Wildman–Crippen MR) is 95.0 cm³/mol. The fourth-order valence-electron chi connectivity index (χ4n) is 3.45. The molecule has 1 fully saturated rings. The second-order valence-corrected chi connectivity index (χ2v) is 7.55. The Morgan fingerprint density at radius 1 is 1.04 bits per heavy atom. The van der Waals surface area contributed by atoms with E-state index in [9.17, 15) is 9.59 Å². The summed E-state index contributed by atoms with van der Waals surface area (Å²) in [6.45, 7) is 4.04. The number of carbonyl (C=O) groups is 2. The Balaban J connectivity index is 1.98. The molecule has 2 aliphatic rings. The highest BCUT2D eigenvalue weighted by Gasteiger charge is 2.42. The van der Waals surface area contributed by atoms with Crippen molar-refractivity contribution in [2.75, 3.05) is 5.75 Å². The monoisotopic (exact) mass is 329 g/mol. The molecule has 0 spiro atoms. The van der Waals surface area contributed by atoms with Crippen LogP contribution in [0.25, 0.3) is 5.57 Å². The lowest BCUT2D eigenvalue weighted by Crippen LogP contribution is -2.42. The zero-order valence-electron chi connectivity index (χ0n) is 13.8. The van der Waals surface area contributed by atoms with Crippen LogP contribution >= 0.6 is 11.8 Å². The molecule has 0 unspecified atom stereocenters. The van der Waals surface area contributed by atoms with Crippen molar-refractivity contribution in [3.05, 3.63) is 40.3 Å². The molecule has 23 heavy (non-hydrogen) atoms. The van der Waals surface area contributed by atoms with Crippen molar-refractivity contribution in [1.29, 1.82) is 0 Å². The molecular formula is C19H23NO2S. The summed E-state index contributed by atoms with van der Waals surface area (Å²) < 4.78 is 0. The van der Waals surface area contributed by atoms with E-state index in [1.807, 2.05) is 38.1 Å². The van der Waals surface area contributed by atoms with Gasteiger partial charge in [0.2, 0.25) is 0 Å². The van der Waals surface area contributed by atoms with Crippen LogP contribution in [0.5, 0.6) is 0 Å². The average Bonchev–Trinajstić information content (AvgIpc) is 2.80. The maximum atomic E-state index is 13.0. The normalized spacial score (nSPS) is 19.8. The molecule has 3 rings (SSSR count). The average molecular weight is 329 g/mol. The molecule has 1 aromatic rings. The van der Waals surface area contributed by atoms with Gasteiger partial charge in [0, 0.05) is 6.04 Å². The van der Waals surface area contributed by atoms with Gasteiger partial charge in [-0.05, 0) is 31.1 Å². The maximum Gasteiger partial charge on any atom is 0.268 e. The number of amides is 2. The van der Waals surface area contributed by atoms with Gasteiger partial charge in [0.15, 0.2) is 0 Å². The molecular weight excluding hydrogens is 306 g/mol. The molecule has 122 valence electrons. The lowest BCUT2D eigenvalue weighted by atomic mass is 9.94. The molecule has 1 saturated carbocycles. The van der Waals surface area contributed by atoms with Crippen molar-refractivity contribution < 1.29 is 9.59 Å². The van der Waals surface area contributed by atoms with E-state index in [1.165, 1.54) is 18.2 Å². The third kappa shape index (κ3) is 3.09. The van der Waals surface area contributed by atoms with Crippen molar-refractivity contribution in [2.45, 2.75) is 52.0 Å². The van der Waals surface area contributed by atoms with Crippen LogP contribution in [0.1, 0.15) is 50.2 Å². The number of thioether (sulfide) groups is 1. The van der Waals surface area contributed by atoms with Crippen LogP contribution in [0.4, 0.5) is 0 Å². The third-order valence-electron chi connectivity index (χ3n) is 4.64. The summed E-state index contributed by atoms with van der Waals surface area (Å²) in [6, 6.07) is 7.99. The second-order valence-electron chi connectivity index (χ2n) is 6.28. The first-order valence-corrected chi connectivity index (χ1v) is 9.44. The minimum absolute atomic E-state index is 0.0793. The van der Waals surface area contributed by atoms with Gasteiger partial charge < -0.3 is 0 Å². The highest BCUT2D eigenvalue weighted by atomic mass is 32.2. The SMILES string of the molecule is CCSC1=C(c2ccc(C)cc2)C(=O)N(C2CCCCC2)C1=O. The number of aryl methyl sites for hydroxylation is 1. The topological polar surface area (TPSA) is 37.4 Å². The van der Waals surface area contributed by atoms with E-state index in [-0.39, 0.29) is 17.9 Å². The Hall–Kier alpha value is -1.55. The second kappa shape index (κ2) is 6.91. The first-order valence-electron chi connectivity index (χ1n) is 8.45. The van der Waals surface area contributed by atoms with E-state index in [1.54, 1.807) is 4.90 Å². The van der Waals surface area contributed by atoms with Gasteiger partial charge in [0.05, 0.1) is 10.5 Å². The van der Waals surface area contributed by atoms with E-state index in [0.29, 0.717) is 10.5 Å². The van der Waals surface area contributed by atoms with Crippen LogP contribution in [0.15, 0.2) is 29.2 Å². The highest BCUT2D eigenvalue weighted by Crippen LogP contribution is 2.39. The molecule has 0 radical (unpaired) electrons. The zero-order chi connectivity index (χ0) is 16.4. The lowest BCUT2D eigenvalue weighted by Gasteiger charge is -2.29. The summed E-state index contributed by atoms with van der Waals surface area (Å²) in [4.78, 5) is 28.1. The van der Waals surface area contributed by atoms with E-state index in [4.69, 9.17) is 0 Å². The van der Waals surface area contributed by atoms with Crippen LogP contribution < -0.4 is 0 Å². The summed E-state index contributed by atoms with van der Waals surface area (Å²) >= 11 is 1.49. The lowest BCUT2D eigenvalue weighted by molar-refractivity contribution is -0.139. The minimum Gasteiger partial charge on any atom is -0.271 e. The van der Waals surface area contributed by atoms with E-state index < -0.39 is 0 Å². The Morgan fingerprint density at radius 2 is 1.70 bits per heavy atom. The molecule has 0 N–H and O–H groups in total. The van der Waals surface area contributed by atoms with Crippen LogP contribution in [-0.4, -0.2) is 28.5 Å². The fraction of sp³-hybridized carbons (Fsp3) is 0.474. The molecule has 3 nitrogen and oxygen atoms in total. The van der Waals surface area contributed by atoms with Gasteiger partial charge in [-0.1, -0.05) is 56.0 Å². The summed E-state index contributed by atoms with van der Waals surface area (Å²) in [5.74, 6) is 0.619. The van der Waals surface area contributed by atoms with E-state index >= 15 is 0 Å². The summed E-state index contributed by atoms with van der Waals surface area (Å²) in [5.41, 5.74) is 2.62. The first-order chi connectivity index (χ1) is 11.1. The molecule has 0 bridgehead atoms. The highest BCUT2D eigenvalue weighted by molar-refractivity contribution is 8.04. The Bertz CT molecular complexity index is 642. The van der Waals surface area contributed by atoms with Crippen LogP contribution in [-0.2, 0) is 9.59 Å². The standard InChI is InChI=1S/C19H23NO2S/c1-3-23-17-16(14-11-9-13(2)10-12-14)18(21)20(19(17)22)15-7-5-4-6-8-15/h9-12,15H,3-8H2,1-2H3. The largest absolute Gasteiger partial charge is 0.271 e. The Labute approximate surface area is 142 Å². The first kappa shape index (κ1) is 16.3. The van der Waals surface area contributed by atoms with Gasteiger partial charge in [-0.15, -0.1) is 11.8 Å². The number of rotatable bonds is 4. The zero-order valence-corrected chi connectivity index (χ0v) is 14.6. The molecule has 1 aliphatic heterocycles. The van der Waals surface area contributed by atoms with Crippen molar-refractivity contribution in [1.82, 2.24) is 4.90 Å². The Kier molecular flexibility index (Phi) is 4.90. The Morgan fingerprint density at radius 3 is 2.30 bits per heavy atom. The number of hydrogen-bond acceptors (Lipinski definition) is 3. The summed E-state index contributed by atoms with van der Waals surface area (Å²) in [6.07, 6.45) is 5.32. The number of hydrogen-bond donors (Lipinski definition) is 0. The molecule has 1 heterocycles. The van der Waals surface area contributed by atoms with Crippen molar-refractivity contribution in [2.24, 2.45) is 0 Å². The third-order valence-corrected chi connectivity index (χ3v) is 5.60. The van der Waals surface area contributed by atoms with E-state index in [0.717, 1.165) is 42.6 Å². The van der Waals surface area contributed by atoms with Gasteiger partial charge >= 0.3 is 0 Å². The van der Waals surface area contributed by atoms with Gasteiger partial charge in [0.25, 0.3) is 11.8 Å².